The van der Waals surface area contributed by atoms with Crippen molar-refractivity contribution in [3.63, 3.8) is 0 Å². The first-order valence-electron chi connectivity index (χ1n) is 9.73. The highest BCUT2D eigenvalue weighted by molar-refractivity contribution is 5.94. The zero-order valence-corrected chi connectivity index (χ0v) is 15.7. The SMILES string of the molecule is CCCc1ccc(C(=O)NCC2CCN(Cc3ccncc3)CC2)cc1. The van der Waals surface area contributed by atoms with Gasteiger partial charge < -0.3 is 5.32 Å². The summed E-state index contributed by atoms with van der Waals surface area (Å²) in [6, 6.07) is 12.2. The van der Waals surface area contributed by atoms with E-state index >= 15 is 0 Å². The summed E-state index contributed by atoms with van der Waals surface area (Å²) >= 11 is 0. The van der Waals surface area contributed by atoms with Crippen LogP contribution >= 0.6 is 0 Å². The molecule has 2 aromatic rings. The molecular weight excluding hydrogens is 322 g/mol. The van der Waals surface area contributed by atoms with E-state index in [4.69, 9.17) is 0 Å². The van der Waals surface area contributed by atoms with Crippen LogP contribution < -0.4 is 5.32 Å². The second-order valence-corrected chi connectivity index (χ2v) is 7.23. The number of aryl methyl sites for hydroxylation is 1. The van der Waals surface area contributed by atoms with Crippen LogP contribution in [0.5, 0.6) is 0 Å². The number of aromatic nitrogens is 1. The third-order valence-electron chi connectivity index (χ3n) is 5.17. The lowest BCUT2D eigenvalue weighted by Crippen LogP contribution is -2.38. The maximum atomic E-state index is 12.3. The normalized spacial score (nSPS) is 15.7. The smallest absolute Gasteiger partial charge is 0.251 e. The summed E-state index contributed by atoms with van der Waals surface area (Å²) in [5.41, 5.74) is 3.38. The van der Waals surface area contributed by atoms with Gasteiger partial charge in [0.25, 0.3) is 5.91 Å². The second kappa shape index (κ2) is 9.48. The van der Waals surface area contributed by atoms with E-state index in [0.29, 0.717) is 5.92 Å². The topological polar surface area (TPSA) is 45.2 Å². The Morgan fingerprint density at radius 3 is 2.42 bits per heavy atom. The molecule has 1 aliphatic rings. The van der Waals surface area contributed by atoms with Gasteiger partial charge >= 0.3 is 0 Å². The van der Waals surface area contributed by atoms with Crippen LogP contribution in [0, 0.1) is 5.92 Å². The number of benzene rings is 1. The van der Waals surface area contributed by atoms with Crippen molar-refractivity contribution in [3.8, 4) is 0 Å². The van der Waals surface area contributed by atoms with E-state index in [1.807, 2.05) is 24.5 Å². The van der Waals surface area contributed by atoms with E-state index in [1.54, 1.807) is 0 Å². The summed E-state index contributed by atoms with van der Waals surface area (Å²) in [5.74, 6) is 0.624. The van der Waals surface area contributed by atoms with Crippen LogP contribution in [0.2, 0.25) is 0 Å². The Balaban J connectivity index is 1.40. The number of likely N-dealkylation sites (tertiary alicyclic amines) is 1. The number of hydrogen-bond donors (Lipinski definition) is 1. The third-order valence-corrected chi connectivity index (χ3v) is 5.17. The zero-order valence-electron chi connectivity index (χ0n) is 15.7. The molecule has 26 heavy (non-hydrogen) atoms. The molecule has 0 bridgehead atoms. The minimum Gasteiger partial charge on any atom is -0.352 e. The number of carbonyl (C=O) groups excluding carboxylic acids is 1. The fourth-order valence-electron chi connectivity index (χ4n) is 3.55. The van der Waals surface area contributed by atoms with Crippen molar-refractivity contribution in [2.45, 2.75) is 39.2 Å². The van der Waals surface area contributed by atoms with Crippen molar-refractivity contribution in [2.24, 2.45) is 5.92 Å². The van der Waals surface area contributed by atoms with E-state index in [-0.39, 0.29) is 5.91 Å². The van der Waals surface area contributed by atoms with Gasteiger partial charge in [-0.15, -0.1) is 0 Å². The van der Waals surface area contributed by atoms with Gasteiger partial charge in [-0.2, -0.15) is 0 Å². The minimum atomic E-state index is 0.0484. The predicted molar refractivity (Wildman–Crippen MR) is 105 cm³/mol. The first kappa shape index (κ1) is 18.6. The molecule has 1 N–H and O–H groups in total. The molecule has 0 saturated carbocycles. The molecule has 0 radical (unpaired) electrons. The molecule has 1 fully saturated rings. The summed E-state index contributed by atoms with van der Waals surface area (Å²) in [7, 11) is 0. The highest BCUT2D eigenvalue weighted by atomic mass is 16.1. The van der Waals surface area contributed by atoms with Crippen molar-refractivity contribution >= 4 is 5.91 Å². The van der Waals surface area contributed by atoms with Crippen molar-refractivity contribution in [1.29, 1.82) is 0 Å². The molecule has 138 valence electrons. The number of amides is 1. The lowest BCUT2D eigenvalue weighted by Gasteiger charge is -2.32. The fourth-order valence-corrected chi connectivity index (χ4v) is 3.55. The second-order valence-electron chi connectivity index (χ2n) is 7.23. The van der Waals surface area contributed by atoms with E-state index in [0.717, 1.165) is 57.4 Å². The van der Waals surface area contributed by atoms with Gasteiger partial charge in [0, 0.05) is 31.0 Å². The lowest BCUT2D eigenvalue weighted by molar-refractivity contribution is 0.0935. The van der Waals surface area contributed by atoms with Crippen LogP contribution in [-0.4, -0.2) is 35.4 Å². The highest BCUT2D eigenvalue weighted by Gasteiger charge is 2.20. The van der Waals surface area contributed by atoms with Gasteiger partial charge in [0.05, 0.1) is 0 Å². The van der Waals surface area contributed by atoms with Crippen LogP contribution in [0.3, 0.4) is 0 Å². The number of nitrogens with one attached hydrogen (secondary N) is 1. The standard InChI is InChI=1S/C22H29N3O/c1-2-3-18-4-6-21(7-5-18)22(26)24-16-19-10-14-25(15-11-19)17-20-8-12-23-13-9-20/h4-9,12-13,19H,2-3,10-11,14-17H2,1H3,(H,24,26). The van der Waals surface area contributed by atoms with Gasteiger partial charge in [0.2, 0.25) is 0 Å². The molecule has 0 atom stereocenters. The van der Waals surface area contributed by atoms with Gasteiger partial charge in [0.1, 0.15) is 0 Å². The number of piperidine rings is 1. The molecule has 0 spiro atoms. The Morgan fingerprint density at radius 1 is 1.08 bits per heavy atom. The van der Waals surface area contributed by atoms with Crippen molar-refractivity contribution < 1.29 is 4.79 Å². The van der Waals surface area contributed by atoms with Crippen LogP contribution in [0.15, 0.2) is 48.8 Å². The van der Waals surface area contributed by atoms with Crippen LogP contribution in [0.4, 0.5) is 0 Å². The monoisotopic (exact) mass is 351 g/mol. The Morgan fingerprint density at radius 2 is 1.77 bits per heavy atom. The number of pyridine rings is 1. The molecule has 1 aliphatic heterocycles. The van der Waals surface area contributed by atoms with E-state index in [9.17, 15) is 4.79 Å². The fraction of sp³-hybridized carbons (Fsp3) is 0.455. The number of carbonyl (C=O) groups is 1. The van der Waals surface area contributed by atoms with Gasteiger partial charge in [-0.3, -0.25) is 14.7 Å². The van der Waals surface area contributed by atoms with E-state index in [2.05, 4.69) is 46.4 Å². The average Bonchev–Trinajstić information content (AvgIpc) is 2.69. The van der Waals surface area contributed by atoms with Crippen molar-refractivity contribution in [3.05, 3.63) is 65.5 Å². The quantitative estimate of drug-likeness (QED) is 0.828. The van der Waals surface area contributed by atoms with Crippen LogP contribution in [0.25, 0.3) is 0 Å². The van der Waals surface area contributed by atoms with Crippen molar-refractivity contribution in [2.75, 3.05) is 19.6 Å². The molecule has 1 saturated heterocycles. The van der Waals surface area contributed by atoms with Crippen LogP contribution in [0.1, 0.15) is 47.7 Å². The number of hydrogen-bond acceptors (Lipinski definition) is 3. The number of nitrogens with zero attached hydrogens (tertiary/aromatic N) is 2. The molecule has 4 heteroatoms. The molecule has 0 aliphatic carbocycles. The predicted octanol–water partition coefficient (Wildman–Crippen LogP) is 3.68. The zero-order chi connectivity index (χ0) is 18.2. The molecule has 2 heterocycles. The van der Waals surface area contributed by atoms with Gasteiger partial charge in [-0.1, -0.05) is 25.5 Å². The summed E-state index contributed by atoms with van der Waals surface area (Å²) < 4.78 is 0. The Labute approximate surface area is 156 Å². The van der Waals surface area contributed by atoms with Crippen molar-refractivity contribution in [1.82, 2.24) is 15.2 Å². The molecule has 0 unspecified atom stereocenters. The molecular formula is C22H29N3O. The maximum absolute atomic E-state index is 12.3. The molecule has 4 nitrogen and oxygen atoms in total. The maximum Gasteiger partial charge on any atom is 0.251 e. The molecule has 1 amide bonds. The first-order valence-corrected chi connectivity index (χ1v) is 9.73. The van der Waals surface area contributed by atoms with E-state index < -0.39 is 0 Å². The highest BCUT2D eigenvalue weighted by Crippen LogP contribution is 2.18. The Bertz CT molecular complexity index is 676. The lowest BCUT2D eigenvalue weighted by atomic mass is 9.96. The van der Waals surface area contributed by atoms with Gasteiger partial charge in [-0.25, -0.2) is 0 Å². The molecule has 3 rings (SSSR count). The van der Waals surface area contributed by atoms with Crippen LogP contribution in [-0.2, 0) is 13.0 Å². The minimum absolute atomic E-state index is 0.0484. The summed E-state index contributed by atoms with van der Waals surface area (Å²) in [5, 5.41) is 3.12. The Hall–Kier alpha value is -2.20. The van der Waals surface area contributed by atoms with Gasteiger partial charge in [0.15, 0.2) is 0 Å². The average molecular weight is 351 g/mol. The van der Waals surface area contributed by atoms with E-state index in [1.165, 1.54) is 11.1 Å². The largest absolute Gasteiger partial charge is 0.352 e. The summed E-state index contributed by atoms with van der Waals surface area (Å²) in [4.78, 5) is 18.9. The third kappa shape index (κ3) is 5.40. The molecule has 1 aromatic heterocycles. The summed E-state index contributed by atoms with van der Waals surface area (Å²) in [6.07, 6.45) is 8.19. The molecule has 1 aromatic carbocycles. The first-order chi connectivity index (χ1) is 12.7. The Kier molecular flexibility index (Phi) is 6.78. The van der Waals surface area contributed by atoms with Gasteiger partial charge in [-0.05, 0) is 73.7 Å². The number of rotatable bonds is 7. The summed E-state index contributed by atoms with van der Waals surface area (Å²) in [6.45, 7) is 6.12.